The Kier molecular flexibility index (Phi) is 5.36. The smallest absolute Gasteiger partial charge is 0.139 e. The van der Waals surface area contributed by atoms with Crippen LogP contribution in [0.3, 0.4) is 0 Å². The number of likely N-dealkylation sites (N-methyl/N-ethyl adjacent to an activating group) is 1. The molecule has 0 atom stereocenters. The van der Waals surface area contributed by atoms with Gasteiger partial charge in [0.05, 0.1) is 6.20 Å². The summed E-state index contributed by atoms with van der Waals surface area (Å²) in [6.07, 6.45) is 4.47. The van der Waals surface area contributed by atoms with Crippen molar-refractivity contribution < 1.29 is 4.74 Å². The van der Waals surface area contributed by atoms with Crippen molar-refractivity contribution in [1.82, 2.24) is 10.3 Å². The molecule has 0 aliphatic heterocycles. The fraction of sp³-hybridized carbons (Fsp3) is 0.267. The van der Waals surface area contributed by atoms with Crippen LogP contribution >= 0.6 is 15.9 Å². The highest BCUT2D eigenvalue weighted by Crippen LogP contribution is 2.18. The summed E-state index contributed by atoms with van der Waals surface area (Å²) in [6.45, 7) is 1.54. The predicted octanol–water partition coefficient (Wildman–Crippen LogP) is 3.19. The molecule has 0 radical (unpaired) electrons. The molecule has 0 spiro atoms. The van der Waals surface area contributed by atoms with Gasteiger partial charge in [0.1, 0.15) is 12.4 Å². The highest BCUT2D eigenvalue weighted by molar-refractivity contribution is 9.10. The number of ether oxygens (including phenoxy) is 1. The van der Waals surface area contributed by atoms with E-state index in [1.165, 1.54) is 11.1 Å². The summed E-state index contributed by atoms with van der Waals surface area (Å²) in [5.41, 5.74) is 2.54. The largest absolute Gasteiger partial charge is 0.487 e. The number of aromatic nitrogens is 1. The number of nitrogens with one attached hydrogen (secondary N) is 1. The lowest BCUT2D eigenvalue weighted by Crippen LogP contribution is -2.12. The van der Waals surface area contributed by atoms with Gasteiger partial charge < -0.3 is 10.1 Å². The Morgan fingerprint density at radius 3 is 2.74 bits per heavy atom. The molecule has 0 aliphatic carbocycles. The molecule has 2 aromatic rings. The van der Waals surface area contributed by atoms with E-state index in [0.717, 1.165) is 23.2 Å². The van der Waals surface area contributed by atoms with Crippen molar-refractivity contribution in [2.75, 3.05) is 13.6 Å². The third-order valence-corrected chi connectivity index (χ3v) is 3.27. The first kappa shape index (κ1) is 14.0. The molecule has 1 N–H and O–H groups in total. The third kappa shape index (κ3) is 4.33. The van der Waals surface area contributed by atoms with E-state index in [0.29, 0.717) is 6.61 Å². The van der Waals surface area contributed by atoms with Gasteiger partial charge in [0, 0.05) is 10.7 Å². The summed E-state index contributed by atoms with van der Waals surface area (Å²) >= 11 is 3.39. The van der Waals surface area contributed by atoms with Gasteiger partial charge in [-0.2, -0.15) is 0 Å². The van der Waals surface area contributed by atoms with Crippen LogP contribution in [0.4, 0.5) is 0 Å². The summed E-state index contributed by atoms with van der Waals surface area (Å²) in [5.74, 6) is 0.776. The Labute approximate surface area is 122 Å². The number of pyridine rings is 1. The Hall–Kier alpha value is -1.39. The maximum atomic E-state index is 5.78. The maximum Gasteiger partial charge on any atom is 0.139 e. The number of rotatable bonds is 6. The van der Waals surface area contributed by atoms with Crippen molar-refractivity contribution in [2.45, 2.75) is 13.0 Å². The fourth-order valence-electron chi connectivity index (χ4n) is 1.83. The average Bonchev–Trinajstić information content (AvgIpc) is 2.44. The van der Waals surface area contributed by atoms with E-state index in [1.54, 1.807) is 12.4 Å². The number of benzene rings is 1. The zero-order valence-corrected chi connectivity index (χ0v) is 12.5. The zero-order valence-electron chi connectivity index (χ0n) is 10.9. The summed E-state index contributed by atoms with van der Waals surface area (Å²) in [6, 6.07) is 10.3. The molecule has 19 heavy (non-hydrogen) atoms. The monoisotopic (exact) mass is 320 g/mol. The lowest BCUT2D eigenvalue weighted by Gasteiger charge is -2.11. The minimum atomic E-state index is 0.567. The Morgan fingerprint density at radius 2 is 2.00 bits per heavy atom. The lowest BCUT2D eigenvalue weighted by molar-refractivity contribution is 0.303. The van der Waals surface area contributed by atoms with Crippen LogP contribution in [0.2, 0.25) is 0 Å². The van der Waals surface area contributed by atoms with Crippen molar-refractivity contribution in [2.24, 2.45) is 0 Å². The first-order chi connectivity index (χ1) is 9.29. The summed E-state index contributed by atoms with van der Waals surface area (Å²) in [4.78, 5) is 4.09. The second-order valence-corrected chi connectivity index (χ2v) is 5.17. The van der Waals surface area contributed by atoms with Crippen LogP contribution in [0.1, 0.15) is 11.1 Å². The van der Waals surface area contributed by atoms with E-state index < -0.39 is 0 Å². The summed E-state index contributed by atoms with van der Waals surface area (Å²) in [7, 11) is 1.96. The number of hydrogen-bond donors (Lipinski definition) is 1. The molecule has 100 valence electrons. The van der Waals surface area contributed by atoms with Crippen LogP contribution in [-0.4, -0.2) is 18.6 Å². The highest BCUT2D eigenvalue weighted by Gasteiger charge is 2.03. The fourth-order valence-corrected chi connectivity index (χ4v) is 2.18. The normalized spacial score (nSPS) is 10.4. The molecule has 0 amide bonds. The molecule has 1 heterocycles. The van der Waals surface area contributed by atoms with Gasteiger partial charge in [-0.3, -0.25) is 4.98 Å². The molecule has 0 saturated heterocycles. The van der Waals surface area contributed by atoms with Crippen LogP contribution in [0.15, 0.2) is 47.2 Å². The number of nitrogens with zero attached hydrogens (tertiary/aromatic N) is 1. The van der Waals surface area contributed by atoms with Gasteiger partial charge >= 0.3 is 0 Å². The molecule has 4 heteroatoms. The Balaban J connectivity index is 2.02. The molecular weight excluding hydrogens is 304 g/mol. The van der Waals surface area contributed by atoms with E-state index in [2.05, 4.69) is 44.4 Å². The van der Waals surface area contributed by atoms with E-state index >= 15 is 0 Å². The van der Waals surface area contributed by atoms with Gasteiger partial charge in [0.25, 0.3) is 0 Å². The molecule has 2 rings (SSSR count). The quantitative estimate of drug-likeness (QED) is 0.887. The minimum absolute atomic E-state index is 0.567. The van der Waals surface area contributed by atoms with Crippen molar-refractivity contribution >= 4 is 15.9 Å². The minimum Gasteiger partial charge on any atom is -0.487 e. The van der Waals surface area contributed by atoms with E-state index in [-0.39, 0.29) is 0 Å². The zero-order chi connectivity index (χ0) is 13.5. The molecule has 0 saturated carbocycles. The number of halogens is 1. The van der Waals surface area contributed by atoms with Gasteiger partial charge in [-0.05, 0) is 53.1 Å². The molecule has 0 unspecified atom stereocenters. The van der Waals surface area contributed by atoms with Crippen molar-refractivity contribution in [3.8, 4) is 5.75 Å². The van der Waals surface area contributed by atoms with E-state index in [4.69, 9.17) is 4.74 Å². The van der Waals surface area contributed by atoms with Crippen molar-refractivity contribution in [3.05, 3.63) is 58.3 Å². The molecule has 0 aliphatic rings. The van der Waals surface area contributed by atoms with Crippen LogP contribution in [0.25, 0.3) is 0 Å². The predicted molar refractivity (Wildman–Crippen MR) is 80.3 cm³/mol. The van der Waals surface area contributed by atoms with Crippen LogP contribution in [0.5, 0.6) is 5.75 Å². The average molecular weight is 321 g/mol. The summed E-state index contributed by atoms with van der Waals surface area (Å²) < 4.78 is 6.71. The van der Waals surface area contributed by atoms with Crippen molar-refractivity contribution in [3.63, 3.8) is 0 Å². The highest BCUT2D eigenvalue weighted by atomic mass is 79.9. The second-order valence-electron chi connectivity index (χ2n) is 4.25. The molecule has 3 nitrogen and oxygen atoms in total. The molecule has 0 bridgehead atoms. The molecule has 0 fully saturated rings. The van der Waals surface area contributed by atoms with Crippen LogP contribution in [0, 0.1) is 0 Å². The van der Waals surface area contributed by atoms with Gasteiger partial charge in [0.2, 0.25) is 0 Å². The molecule has 1 aromatic heterocycles. The van der Waals surface area contributed by atoms with Crippen LogP contribution in [-0.2, 0) is 13.0 Å². The first-order valence-electron chi connectivity index (χ1n) is 6.24. The van der Waals surface area contributed by atoms with Crippen LogP contribution < -0.4 is 10.1 Å². The topological polar surface area (TPSA) is 34.1 Å². The SMILES string of the molecule is CNCCc1ccccc1COc1cncc(Br)c1. The second kappa shape index (κ2) is 7.26. The van der Waals surface area contributed by atoms with E-state index in [9.17, 15) is 0 Å². The maximum absolute atomic E-state index is 5.78. The van der Waals surface area contributed by atoms with E-state index in [1.807, 2.05) is 19.2 Å². The molecule has 1 aromatic carbocycles. The Bertz CT molecular complexity index is 531. The summed E-state index contributed by atoms with van der Waals surface area (Å²) in [5, 5.41) is 3.17. The van der Waals surface area contributed by atoms with Gasteiger partial charge in [-0.1, -0.05) is 24.3 Å². The standard InChI is InChI=1S/C15H17BrN2O/c1-17-7-6-12-4-2-3-5-13(12)11-19-15-8-14(16)9-18-10-15/h2-5,8-10,17H,6-7,11H2,1H3. The third-order valence-electron chi connectivity index (χ3n) is 2.84. The first-order valence-corrected chi connectivity index (χ1v) is 7.03. The van der Waals surface area contributed by atoms with Crippen molar-refractivity contribution in [1.29, 1.82) is 0 Å². The molecular formula is C15H17BrN2O. The lowest BCUT2D eigenvalue weighted by atomic mass is 10.1. The van der Waals surface area contributed by atoms with Gasteiger partial charge in [0.15, 0.2) is 0 Å². The van der Waals surface area contributed by atoms with Gasteiger partial charge in [-0.25, -0.2) is 0 Å². The Morgan fingerprint density at radius 1 is 1.21 bits per heavy atom. The van der Waals surface area contributed by atoms with Gasteiger partial charge in [-0.15, -0.1) is 0 Å². The number of hydrogen-bond acceptors (Lipinski definition) is 3.